The lowest BCUT2D eigenvalue weighted by Crippen LogP contribution is -1.96. The van der Waals surface area contributed by atoms with Gasteiger partial charge in [0, 0.05) is 18.8 Å². The number of nitrogen functional groups attached to an aromatic ring is 1. The van der Waals surface area contributed by atoms with Crippen LogP contribution in [0.1, 0.15) is 0 Å². The number of imidazole rings is 1. The van der Waals surface area contributed by atoms with Crippen LogP contribution < -0.4 is 10.5 Å². The highest BCUT2D eigenvalue weighted by Gasteiger charge is 2.14. The zero-order valence-corrected chi connectivity index (χ0v) is 11.2. The van der Waals surface area contributed by atoms with Gasteiger partial charge in [-0.1, -0.05) is 0 Å². The summed E-state index contributed by atoms with van der Waals surface area (Å²) in [4.78, 5) is 4.48. The molecule has 3 aromatic rings. The first kappa shape index (κ1) is 12.5. The standard InChI is InChI=1S/C15H14FN3O/c1-19-14-6-4-10(20-2)8-13(14)18-15(19)11-5-3-9(17)7-12(11)16/h3-8H,17H2,1-2H3. The van der Waals surface area contributed by atoms with Gasteiger partial charge in [0.2, 0.25) is 0 Å². The van der Waals surface area contributed by atoms with Crippen LogP contribution in [0, 0.1) is 5.82 Å². The third-order valence-electron chi connectivity index (χ3n) is 3.32. The average Bonchev–Trinajstić information content (AvgIpc) is 2.75. The molecule has 0 atom stereocenters. The van der Waals surface area contributed by atoms with Crippen molar-refractivity contribution in [1.29, 1.82) is 0 Å². The van der Waals surface area contributed by atoms with Crippen molar-refractivity contribution in [2.75, 3.05) is 12.8 Å². The fourth-order valence-corrected chi connectivity index (χ4v) is 2.26. The van der Waals surface area contributed by atoms with Gasteiger partial charge in [-0.15, -0.1) is 0 Å². The first-order chi connectivity index (χ1) is 9.60. The van der Waals surface area contributed by atoms with E-state index in [2.05, 4.69) is 4.98 Å². The molecule has 20 heavy (non-hydrogen) atoms. The molecule has 1 aromatic heterocycles. The van der Waals surface area contributed by atoms with Gasteiger partial charge in [-0.05, 0) is 30.3 Å². The van der Waals surface area contributed by atoms with Crippen LogP contribution >= 0.6 is 0 Å². The predicted octanol–water partition coefficient (Wildman–Crippen LogP) is 2.97. The molecule has 0 aliphatic carbocycles. The molecule has 0 amide bonds. The highest BCUT2D eigenvalue weighted by atomic mass is 19.1. The van der Waals surface area contributed by atoms with Gasteiger partial charge < -0.3 is 15.0 Å². The van der Waals surface area contributed by atoms with Gasteiger partial charge in [0.1, 0.15) is 17.4 Å². The van der Waals surface area contributed by atoms with E-state index in [1.807, 2.05) is 29.8 Å². The maximum atomic E-state index is 14.0. The number of hydrogen-bond acceptors (Lipinski definition) is 3. The molecular weight excluding hydrogens is 257 g/mol. The van der Waals surface area contributed by atoms with E-state index in [9.17, 15) is 4.39 Å². The molecule has 0 bridgehead atoms. The number of rotatable bonds is 2. The number of benzene rings is 2. The fourth-order valence-electron chi connectivity index (χ4n) is 2.26. The molecule has 4 nitrogen and oxygen atoms in total. The van der Waals surface area contributed by atoms with Gasteiger partial charge in [-0.2, -0.15) is 0 Å². The van der Waals surface area contributed by atoms with Crippen LogP contribution in [-0.4, -0.2) is 16.7 Å². The Morgan fingerprint density at radius 3 is 2.70 bits per heavy atom. The van der Waals surface area contributed by atoms with Gasteiger partial charge in [-0.25, -0.2) is 9.37 Å². The third kappa shape index (κ3) is 1.87. The second kappa shape index (κ2) is 4.52. The molecule has 3 rings (SSSR count). The van der Waals surface area contributed by atoms with Gasteiger partial charge >= 0.3 is 0 Å². The van der Waals surface area contributed by atoms with Crippen LogP contribution in [0.5, 0.6) is 5.75 Å². The lowest BCUT2D eigenvalue weighted by Gasteiger charge is -2.04. The summed E-state index contributed by atoms with van der Waals surface area (Å²) in [5, 5.41) is 0. The van der Waals surface area contributed by atoms with Crippen molar-refractivity contribution in [3.63, 3.8) is 0 Å². The second-order valence-electron chi connectivity index (χ2n) is 4.59. The Balaban J connectivity index is 2.23. The lowest BCUT2D eigenvalue weighted by atomic mass is 10.2. The Bertz CT molecular complexity index is 795. The van der Waals surface area contributed by atoms with Crippen molar-refractivity contribution in [1.82, 2.24) is 9.55 Å². The molecular formula is C15H14FN3O. The molecule has 0 spiro atoms. The van der Waals surface area contributed by atoms with Gasteiger partial charge in [0.25, 0.3) is 0 Å². The summed E-state index contributed by atoms with van der Waals surface area (Å²) in [6.07, 6.45) is 0. The van der Waals surface area contributed by atoms with Crippen molar-refractivity contribution in [2.24, 2.45) is 7.05 Å². The number of nitrogens with zero attached hydrogens (tertiary/aromatic N) is 2. The maximum absolute atomic E-state index is 14.0. The van der Waals surface area contributed by atoms with E-state index in [4.69, 9.17) is 10.5 Å². The van der Waals surface area contributed by atoms with Crippen molar-refractivity contribution in [2.45, 2.75) is 0 Å². The first-order valence-corrected chi connectivity index (χ1v) is 6.16. The number of hydrogen-bond donors (Lipinski definition) is 1. The van der Waals surface area contributed by atoms with Crippen molar-refractivity contribution >= 4 is 16.7 Å². The molecule has 2 aromatic carbocycles. The summed E-state index contributed by atoms with van der Waals surface area (Å²) in [6, 6.07) is 10.2. The number of nitrogens with two attached hydrogens (primary N) is 1. The molecule has 0 radical (unpaired) electrons. The fraction of sp³-hybridized carbons (Fsp3) is 0.133. The third-order valence-corrected chi connectivity index (χ3v) is 3.32. The number of methoxy groups -OCH3 is 1. The Morgan fingerprint density at radius 1 is 1.20 bits per heavy atom. The number of fused-ring (bicyclic) bond motifs is 1. The molecule has 2 N–H and O–H groups in total. The Morgan fingerprint density at radius 2 is 2.00 bits per heavy atom. The molecule has 0 aliphatic rings. The molecule has 5 heteroatoms. The summed E-state index contributed by atoms with van der Waals surface area (Å²) in [6.45, 7) is 0. The predicted molar refractivity (Wildman–Crippen MR) is 77.1 cm³/mol. The van der Waals surface area contributed by atoms with E-state index < -0.39 is 0 Å². The summed E-state index contributed by atoms with van der Waals surface area (Å²) >= 11 is 0. The minimum atomic E-state index is -0.379. The highest BCUT2D eigenvalue weighted by Crippen LogP contribution is 2.28. The molecule has 102 valence electrons. The number of halogens is 1. The second-order valence-corrected chi connectivity index (χ2v) is 4.59. The number of anilines is 1. The summed E-state index contributed by atoms with van der Waals surface area (Å²) in [7, 11) is 3.46. The monoisotopic (exact) mass is 271 g/mol. The molecule has 0 aliphatic heterocycles. The van der Waals surface area contributed by atoms with Gasteiger partial charge in [0.15, 0.2) is 0 Å². The van der Waals surface area contributed by atoms with E-state index in [1.54, 1.807) is 19.2 Å². The van der Waals surface area contributed by atoms with E-state index in [0.29, 0.717) is 17.1 Å². The van der Waals surface area contributed by atoms with Crippen molar-refractivity contribution in [3.05, 3.63) is 42.2 Å². The number of aromatic nitrogens is 2. The van der Waals surface area contributed by atoms with E-state index in [1.165, 1.54) is 6.07 Å². The maximum Gasteiger partial charge on any atom is 0.143 e. The summed E-state index contributed by atoms with van der Waals surface area (Å²) in [5.74, 6) is 0.904. The Hall–Kier alpha value is -2.56. The average molecular weight is 271 g/mol. The highest BCUT2D eigenvalue weighted by molar-refractivity contribution is 5.82. The SMILES string of the molecule is COc1ccc2c(c1)nc(-c1ccc(N)cc1F)n2C. The smallest absolute Gasteiger partial charge is 0.143 e. The van der Waals surface area contributed by atoms with Crippen LogP contribution in [0.25, 0.3) is 22.4 Å². The van der Waals surface area contributed by atoms with Crippen LogP contribution in [0.4, 0.5) is 10.1 Å². The minimum Gasteiger partial charge on any atom is -0.497 e. The van der Waals surface area contributed by atoms with Crippen LogP contribution in [0.2, 0.25) is 0 Å². The van der Waals surface area contributed by atoms with E-state index in [0.717, 1.165) is 16.8 Å². The van der Waals surface area contributed by atoms with E-state index in [-0.39, 0.29) is 5.82 Å². The normalized spacial score (nSPS) is 10.9. The van der Waals surface area contributed by atoms with Crippen molar-refractivity contribution in [3.8, 4) is 17.1 Å². The largest absolute Gasteiger partial charge is 0.497 e. The van der Waals surface area contributed by atoms with Gasteiger partial charge in [-0.3, -0.25) is 0 Å². The zero-order chi connectivity index (χ0) is 14.3. The van der Waals surface area contributed by atoms with Crippen LogP contribution in [0.3, 0.4) is 0 Å². The number of aryl methyl sites for hydroxylation is 1. The molecule has 0 saturated heterocycles. The quantitative estimate of drug-likeness (QED) is 0.729. The minimum absolute atomic E-state index is 0.379. The van der Waals surface area contributed by atoms with Gasteiger partial charge in [0.05, 0.1) is 23.7 Å². The van der Waals surface area contributed by atoms with Crippen LogP contribution in [0.15, 0.2) is 36.4 Å². The summed E-state index contributed by atoms with van der Waals surface area (Å²) in [5.41, 5.74) is 8.07. The number of ether oxygens (including phenoxy) is 1. The topological polar surface area (TPSA) is 53.1 Å². The summed E-state index contributed by atoms with van der Waals surface area (Å²) < 4.78 is 21.1. The lowest BCUT2D eigenvalue weighted by molar-refractivity contribution is 0.415. The van der Waals surface area contributed by atoms with E-state index >= 15 is 0 Å². The first-order valence-electron chi connectivity index (χ1n) is 6.16. The molecule has 0 fully saturated rings. The molecule has 0 unspecified atom stereocenters. The Labute approximate surface area is 115 Å². The molecule has 1 heterocycles. The van der Waals surface area contributed by atoms with Crippen molar-refractivity contribution < 1.29 is 9.13 Å². The molecule has 0 saturated carbocycles. The van der Waals surface area contributed by atoms with Crippen LogP contribution in [-0.2, 0) is 7.05 Å². The zero-order valence-electron chi connectivity index (χ0n) is 11.2. The Kier molecular flexibility index (Phi) is 2.82.